The van der Waals surface area contributed by atoms with Gasteiger partial charge in [0, 0.05) is 6.54 Å². The fourth-order valence-electron chi connectivity index (χ4n) is 0.795. The second kappa shape index (κ2) is 5.01. The highest BCUT2D eigenvalue weighted by atomic mass is 32.2. The van der Waals surface area contributed by atoms with Crippen molar-refractivity contribution in [3.63, 3.8) is 0 Å². The van der Waals surface area contributed by atoms with Gasteiger partial charge in [-0.2, -0.15) is 8.42 Å². The van der Waals surface area contributed by atoms with Crippen LogP contribution in [0.15, 0.2) is 0 Å². The molecular formula is C6H15NO6S. The monoisotopic (exact) mass is 229 g/mol. The van der Waals surface area contributed by atoms with E-state index in [0.717, 1.165) is 0 Å². The Morgan fingerprint density at radius 1 is 1.36 bits per heavy atom. The normalized spacial score (nSPS) is 15.5. The van der Waals surface area contributed by atoms with Crippen LogP contribution in [0.25, 0.3) is 0 Å². The fourth-order valence-corrected chi connectivity index (χ4v) is 1.26. The predicted molar refractivity (Wildman–Crippen MR) is 47.6 cm³/mol. The quantitative estimate of drug-likeness (QED) is 0.207. The number of hydrogen-bond donors (Lipinski definition) is 5. The molecule has 5 N–H and O–H groups in total. The molecule has 0 saturated heterocycles. The third-order valence-corrected chi connectivity index (χ3v) is 2.91. The van der Waals surface area contributed by atoms with Crippen LogP contribution < -0.4 is 5.32 Å². The number of hydrogen-bond acceptors (Lipinski definition) is 6. The van der Waals surface area contributed by atoms with Gasteiger partial charge in [-0.15, -0.1) is 0 Å². The van der Waals surface area contributed by atoms with Gasteiger partial charge in [-0.1, -0.05) is 0 Å². The largest absolute Gasteiger partial charge is 0.343 e. The van der Waals surface area contributed by atoms with E-state index in [1.807, 2.05) is 5.32 Å². The van der Waals surface area contributed by atoms with Gasteiger partial charge in [-0.3, -0.25) is 4.55 Å². The second-order valence-corrected chi connectivity index (χ2v) is 4.86. The number of nitrogens with one attached hydrogen (secondary N) is 1. The van der Waals surface area contributed by atoms with Gasteiger partial charge in [-0.25, -0.2) is 5.32 Å². The SMILES string of the molecule is CC(CCCNC(O)(O)O)S(=O)(=O)O. The summed E-state index contributed by atoms with van der Waals surface area (Å²) in [6.45, 7) is 1.35. The lowest BCUT2D eigenvalue weighted by Gasteiger charge is -2.15. The summed E-state index contributed by atoms with van der Waals surface area (Å²) in [6.07, 6.45) is -2.52. The molecule has 0 fully saturated rings. The van der Waals surface area contributed by atoms with Crippen molar-refractivity contribution in [3.05, 3.63) is 0 Å². The van der Waals surface area contributed by atoms with Crippen LogP contribution in [0.5, 0.6) is 0 Å². The van der Waals surface area contributed by atoms with Crippen LogP contribution in [-0.4, -0.2) is 46.2 Å². The molecule has 0 bridgehead atoms. The zero-order valence-corrected chi connectivity index (χ0v) is 8.53. The third kappa shape index (κ3) is 7.18. The van der Waals surface area contributed by atoms with E-state index in [2.05, 4.69) is 0 Å². The van der Waals surface area contributed by atoms with E-state index in [9.17, 15) is 8.42 Å². The summed E-state index contributed by atoms with van der Waals surface area (Å²) in [5.74, 6) is 0. The predicted octanol–water partition coefficient (Wildman–Crippen LogP) is -1.78. The molecule has 1 unspecified atom stereocenters. The highest BCUT2D eigenvalue weighted by molar-refractivity contribution is 7.86. The Bertz CT molecular complexity index is 256. The van der Waals surface area contributed by atoms with Crippen molar-refractivity contribution in [3.8, 4) is 0 Å². The molecule has 0 aliphatic carbocycles. The van der Waals surface area contributed by atoms with Crippen LogP contribution >= 0.6 is 0 Å². The first kappa shape index (κ1) is 13.8. The molecule has 7 nitrogen and oxygen atoms in total. The summed E-state index contributed by atoms with van der Waals surface area (Å²) in [4.78, 5) is 0. The van der Waals surface area contributed by atoms with Crippen LogP contribution in [0.1, 0.15) is 19.8 Å². The standard InChI is InChI=1S/C6H15NO6S/c1-5(14(11,12)13)3-2-4-7-6(8,9)10/h5,7-10H,2-4H2,1H3,(H,11,12,13). The Morgan fingerprint density at radius 2 is 1.86 bits per heavy atom. The van der Waals surface area contributed by atoms with Crippen molar-refractivity contribution in [2.24, 2.45) is 0 Å². The van der Waals surface area contributed by atoms with Gasteiger partial charge in [0.2, 0.25) is 0 Å². The van der Waals surface area contributed by atoms with Gasteiger partial charge >= 0.3 is 6.10 Å². The Morgan fingerprint density at radius 3 is 2.21 bits per heavy atom. The maximum absolute atomic E-state index is 10.5. The van der Waals surface area contributed by atoms with Crippen molar-refractivity contribution in [1.29, 1.82) is 0 Å². The van der Waals surface area contributed by atoms with Crippen LogP contribution in [0, 0.1) is 0 Å². The Hall–Kier alpha value is -0.250. The van der Waals surface area contributed by atoms with Crippen molar-refractivity contribution in [2.45, 2.75) is 31.1 Å². The van der Waals surface area contributed by atoms with Crippen LogP contribution in [0.4, 0.5) is 0 Å². The molecule has 0 aromatic carbocycles. The lowest BCUT2D eigenvalue weighted by atomic mass is 10.2. The lowest BCUT2D eigenvalue weighted by Crippen LogP contribution is -2.45. The van der Waals surface area contributed by atoms with E-state index in [1.165, 1.54) is 6.92 Å². The molecule has 0 heterocycles. The van der Waals surface area contributed by atoms with E-state index >= 15 is 0 Å². The fraction of sp³-hybridized carbons (Fsp3) is 1.00. The summed E-state index contributed by atoms with van der Waals surface area (Å²) < 4.78 is 29.6. The van der Waals surface area contributed by atoms with E-state index in [-0.39, 0.29) is 19.4 Å². The third-order valence-electron chi connectivity index (χ3n) is 1.66. The van der Waals surface area contributed by atoms with Crippen molar-refractivity contribution in [1.82, 2.24) is 5.32 Å². The minimum atomic E-state index is -4.03. The summed E-state index contributed by atoms with van der Waals surface area (Å²) in [7, 11) is -4.03. The molecule has 14 heavy (non-hydrogen) atoms. The van der Waals surface area contributed by atoms with Gasteiger partial charge in [0.15, 0.2) is 0 Å². The second-order valence-electron chi connectivity index (χ2n) is 3.03. The van der Waals surface area contributed by atoms with E-state index in [0.29, 0.717) is 0 Å². The van der Waals surface area contributed by atoms with Gasteiger partial charge in [-0.05, 0) is 19.8 Å². The molecule has 0 amide bonds. The summed E-state index contributed by atoms with van der Waals surface area (Å²) in [6, 6.07) is 0. The van der Waals surface area contributed by atoms with Crippen molar-refractivity contribution in [2.75, 3.05) is 6.54 Å². The highest BCUT2D eigenvalue weighted by Gasteiger charge is 2.19. The van der Waals surface area contributed by atoms with Gasteiger partial charge in [0.05, 0.1) is 5.25 Å². The molecule has 0 radical (unpaired) electrons. The molecule has 8 heteroatoms. The molecule has 0 rings (SSSR count). The topological polar surface area (TPSA) is 127 Å². The number of rotatable bonds is 6. The number of aliphatic hydroxyl groups is 3. The summed E-state index contributed by atoms with van der Waals surface area (Å²) in [5.41, 5.74) is 0. The van der Waals surface area contributed by atoms with Crippen molar-refractivity contribution >= 4 is 10.1 Å². The van der Waals surface area contributed by atoms with Crippen LogP contribution in [-0.2, 0) is 10.1 Å². The minimum absolute atomic E-state index is 0.0172. The maximum atomic E-state index is 10.5. The minimum Gasteiger partial charge on any atom is -0.330 e. The van der Waals surface area contributed by atoms with Gasteiger partial charge in [0.1, 0.15) is 0 Å². The first-order valence-corrected chi connectivity index (χ1v) is 5.51. The summed E-state index contributed by atoms with van der Waals surface area (Å²) in [5, 5.41) is 26.1. The Kier molecular flexibility index (Phi) is 4.92. The van der Waals surface area contributed by atoms with E-state index < -0.39 is 21.5 Å². The molecular weight excluding hydrogens is 214 g/mol. The average Bonchev–Trinajstić information content (AvgIpc) is 1.93. The molecule has 0 aromatic rings. The van der Waals surface area contributed by atoms with E-state index in [4.69, 9.17) is 19.9 Å². The molecule has 0 aliphatic rings. The van der Waals surface area contributed by atoms with Crippen LogP contribution in [0.3, 0.4) is 0 Å². The van der Waals surface area contributed by atoms with Crippen molar-refractivity contribution < 1.29 is 28.3 Å². The maximum Gasteiger partial charge on any atom is 0.343 e. The average molecular weight is 229 g/mol. The zero-order valence-electron chi connectivity index (χ0n) is 7.71. The first-order chi connectivity index (χ1) is 6.13. The molecule has 0 spiro atoms. The Balaban J connectivity index is 3.67. The Labute approximate surface area is 82.1 Å². The molecule has 1 atom stereocenters. The first-order valence-electron chi connectivity index (χ1n) is 4.01. The van der Waals surface area contributed by atoms with E-state index in [1.54, 1.807) is 0 Å². The van der Waals surface area contributed by atoms with Crippen LogP contribution in [0.2, 0.25) is 0 Å². The lowest BCUT2D eigenvalue weighted by molar-refractivity contribution is -0.331. The molecule has 0 saturated carbocycles. The molecule has 0 aromatic heterocycles. The smallest absolute Gasteiger partial charge is 0.330 e. The molecule has 86 valence electrons. The van der Waals surface area contributed by atoms with Gasteiger partial charge < -0.3 is 15.3 Å². The highest BCUT2D eigenvalue weighted by Crippen LogP contribution is 2.05. The zero-order chi connectivity index (χ0) is 11.4. The summed E-state index contributed by atoms with van der Waals surface area (Å²) >= 11 is 0. The molecule has 0 aliphatic heterocycles. The van der Waals surface area contributed by atoms with Gasteiger partial charge in [0.25, 0.3) is 10.1 Å².